The number of sulfonamides is 1. The molecule has 1 N–H and O–H groups in total. The van der Waals surface area contributed by atoms with E-state index in [1.165, 1.54) is 11.3 Å². The van der Waals surface area contributed by atoms with Gasteiger partial charge in [0.25, 0.3) is 15.9 Å². The zero-order chi connectivity index (χ0) is 19.7. The Morgan fingerprint density at radius 1 is 1.14 bits per heavy atom. The number of rotatable bonds is 4. The Balaban J connectivity index is 1.58. The fourth-order valence-corrected chi connectivity index (χ4v) is 5.08. The van der Waals surface area contributed by atoms with Crippen LogP contribution in [-0.4, -0.2) is 50.5 Å². The Kier molecular flexibility index (Phi) is 5.05. The first-order valence-corrected chi connectivity index (χ1v) is 11.1. The van der Waals surface area contributed by atoms with Crippen molar-refractivity contribution in [2.24, 2.45) is 0 Å². The van der Waals surface area contributed by atoms with Gasteiger partial charge in [-0.25, -0.2) is 13.4 Å². The number of hydrogen-bond acceptors (Lipinski definition) is 6. The van der Waals surface area contributed by atoms with E-state index in [0.29, 0.717) is 37.4 Å². The Hall–Kier alpha value is -2.49. The third-order valence-corrected chi connectivity index (χ3v) is 6.90. The van der Waals surface area contributed by atoms with Gasteiger partial charge in [0.2, 0.25) is 0 Å². The monoisotopic (exact) mass is 417 g/mol. The molecule has 28 heavy (non-hydrogen) atoms. The van der Waals surface area contributed by atoms with Crippen molar-refractivity contribution in [2.45, 2.75) is 11.8 Å². The number of fused-ring (bicyclic) bond motifs is 1. The summed E-state index contributed by atoms with van der Waals surface area (Å²) in [6, 6.07) is 11.8. The molecule has 2 heterocycles. The van der Waals surface area contributed by atoms with Gasteiger partial charge in [-0.1, -0.05) is 29.0 Å². The van der Waals surface area contributed by atoms with E-state index in [9.17, 15) is 13.2 Å². The van der Waals surface area contributed by atoms with Crippen LogP contribution in [0.2, 0.25) is 0 Å². The number of nitrogens with zero attached hydrogens (tertiary/aromatic N) is 2. The number of morpholine rings is 1. The van der Waals surface area contributed by atoms with Crippen molar-refractivity contribution in [3.8, 4) is 0 Å². The van der Waals surface area contributed by atoms with E-state index in [0.717, 1.165) is 10.3 Å². The quantitative estimate of drug-likeness (QED) is 0.705. The number of nitrogens with one attached hydrogen (secondary N) is 1. The molecule has 0 bridgehead atoms. The molecule has 0 atom stereocenters. The highest BCUT2D eigenvalue weighted by molar-refractivity contribution is 7.93. The molecule has 7 nitrogen and oxygen atoms in total. The number of amides is 1. The molecule has 1 aliphatic heterocycles. The van der Waals surface area contributed by atoms with Gasteiger partial charge in [-0.05, 0) is 37.3 Å². The molecule has 1 amide bonds. The number of hydrogen-bond donors (Lipinski definition) is 1. The number of aryl methyl sites for hydroxylation is 1. The van der Waals surface area contributed by atoms with Gasteiger partial charge in [0.05, 0.1) is 28.3 Å². The Labute approximate surface area is 167 Å². The number of benzene rings is 2. The summed E-state index contributed by atoms with van der Waals surface area (Å²) in [4.78, 5) is 18.9. The van der Waals surface area contributed by atoms with Crippen LogP contribution < -0.4 is 4.72 Å². The normalized spacial score (nSPS) is 15.0. The molecule has 0 radical (unpaired) electrons. The fraction of sp³-hybridized carbons (Fsp3) is 0.263. The van der Waals surface area contributed by atoms with Crippen molar-refractivity contribution in [1.29, 1.82) is 0 Å². The molecule has 1 aliphatic rings. The number of anilines is 1. The summed E-state index contributed by atoms with van der Waals surface area (Å²) in [6.45, 7) is 4.12. The maximum atomic E-state index is 12.6. The van der Waals surface area contributed by atoms with Gasteiger partial charge in [0.15, 0.2) is 5.13 Å². The van der Waals surface area contributed by atoms with Crippen LogP contribution in [0.15, 0.2) is 47.4 Å². The zero-order valence-electron chi connectivity index (χ0n) is 15.2. The number of carbonyl (C=O) groups is 1. The maximum Gasteiger partial charge on any atom is 0.263 e. The summed E-state index contributed by atoms with van der Waals surface area (Å²) >= 11 is 1.20. The van der Waals surface area contributed by atoms with E-state index < -0.39 is 10.0 Å². The second-order valence-electron chi connectivity index (χ2n) is 6.52. The Morgan fingerprint density at radius 3 is 2.57 bits per heavy atom. The summed E-state index contributed by atoms with van der Waals surface area (Å²) in [7, 11) is -3.71. The highest BCUT2D eigenvalue weighted by atomic mass is 32.2. The number of carbonyl (C=O) groups excluding carboxylic acids is 1. The van der Waals surface area contributed by atoms with Crippen molar-refractivity contribution in [3.63, 3.8) is 0 Å². The molecule has 1 saturated heterocycles. The van der Waals surface area contributed by atoms with E-state index in [1.807, 2.05) is 6.92 Å². The van der Waals surface area contributed by atoms with Crippen molar-refractivity contribution < 1.29 is 17.9 Å². The highest BCUT2D eigenvalue weighted by Crippen LogP contribution is 2.29. The molecule has 146 valence electrons. The van der Waals surface area contributed by atoms with Gasteiger partial charge >= 0.3 is 0 Å². The van der Waals surface area contributed by atoms with Crippen LogP contribution in [0, 0.1) is 6.92 Å². The first kappa shape index (κ1) is 18.9. The molecule has 4 rings (SSSR count). The van der Waals surface area contributed by atoms with Gasteiger partial charge in [-0.3, -0.25) is 9.52 Å². The van der Waals surface area contributed by atoms with E-state index in [2.05, 4.69) is 9.71 Å². The molecule has 0 saturated carbocycles. The van der Waals surface area contributed by atoms with E-state index in [1.54, 1.807) is 47.4 Å². The standard InChI is InChI=1S/C19H19N3O4S2/c1-13-2-5-15(6-3-13)28(24,25)21-19-20-16-7-4-14(12-17(16)27-19)18(23)22-8-10-26-11-9-22/h2-7,12H,8-11H2,1H3,(H,20,21). The Morgan fingerprint density at radius 2 is 1.86 bits per heavy atom. The average Bonchev–Trinajstić information content (AvgIpc) is 3.09. The lowest BCUT2D eigenvalue weighted by Crippen LogP contribution is -2.40. The molecular formula is C19H19N3O4S2. The topological polar surface area (TPSA) is 88.6 Å². The van der Waals surface area contributed by atoms with Gasteiger partial charge in [0.1, 0.15) is 0 Å². The third-order valence-electron chi connectivity index (χ3n) is 4.49. The second kappa shape index (κ2) is 7.50. The maximum absolute atomic E-state index is 12.6. The van der Waals surface area contributed by atoms with E-state index >= 15 is 0 Å². The number of aromatic nitrogens is 1. The van der Waals surface area contributed by atoms with Crippen LogP contribution in [-0.2, 0) is 14.8 Å². The average molecular weight is 418 g/mol. The highest BCUT2D eigenvalue weighted by Gasteiger charge is 2.20. The molecule has 0 aliphatic carbocycles. The molecule has 0 unspecified atom stereocenters. The van der Waals surface area contributed by atoms with Crippen LogP contribution in [0.5, 0.6) is 0 Å². The lowest BCUT2D eigenvalue weighted by Gasteiger charge is -2.26. The van der Waals surface area contributed by atoms with Crippen LogP contribution in [0.25, 0.3) is 10.2 Å². The van der Waals surface area contributed by atoms with Gasteiger partial charge in [0, 0.05) is 18.7 Å². The van der Waals surface area contributed by atoms with E-state index in [4.69, 9.17) is 4.74 Å². The minimum Gasteiger partial charge on any atom is -0.378 e. The fourth-order valence-electron chi connectivity index (χ4n) is 2.94. The second-order valence-corrected chi connectivity index (χ2v) is 9.24. The van der Waals surface area contributed by atoms with Gasteiger partial charge in [-0.15, -0.1) is 0 Å². The van der Waals surface area contributed by atoms with Crippen LogP contribution in [0.4, 0.5) is 5.13 Å². The minimum absolute atomic E-state index is 0.0552. The van der Waals surface area contributed by atoms with Crippen molar-refractivity contribution in [2.75, 3.05) is 31.0 Å². The molecule has 2 aromatic carbocycles. The summed E-state index contributed by atoms with van der Waals surface area (Å²) in [5.74, 6) is -0.0552. The van der Waals surface area contributed by atoms with Crippen molar-refractivity contribution in [1.82, 2.24) is 9.88 Å². The van der Waals surface area contributed by atoms with Gasteiger partial charge in [-0.2, -0.15) is 0 Å². The van der Waals surface area contributed by atoms with E-state index in [-0.39, 0.29) is 15.9 Å². The minimum atomic E-state index is -3.71. The third kappa shape index (κ3) is 3.87. The van der Waals surface area contributed by atoms with Gasteiger partial charge < -0.3 is 9.64 Å². The Bertz CT molecular complexity index is 1120. The molecule has 1 aromatic heterocycles. The van der Waals surface area contributed by atoms with Crippen LogP contribution >= 0.6 is 11.3 Å². The first-order valence-electron chi connectivity index (χ1n) is 8.79. The first-order chi connectivity index (χ1) is 13.4. The molecule has 0 spiro atoms. The summed E-state index contributed by atoms with van der Waals surface area (Å²) in [6.07, 6.45) is 0. The van der Waals surface area contributed by atoms with Crippen LogP contribution in [0.3, 0.4) is 0 Å². The summed E-state index contributed by atoms with van der Waals surface area (Å²) in [5, 5.41) is 0.270. The van der Waals surface area contributed by atoms with Crippen molar-refractivity contribution >= 4 is 42.6 Å². The SMILES string of the molecule is Cc1ccc(S(=O)(=O)Nc2nc3ccc(C(=O)N4CCOCC4)cc3s2)cc1. The molecular weight excluding hydrogens is 398 g/mol. The number of ether oxygens (including phenoxy) is 1. The number of thiazole rings is 1. The van der Waals surface area contributed by atoms with Crippen LogP contribution in [0.1, 0.15) is 15.9 Å². The molecule has 3 aromatic rings. The summed E-state index contributed by atoms with van der Waals surface area (Å²) in [5.41, 5.74) is 2.19. The lowest BCUT2D eigenvalue weighted by molar-refractivity contribution is 0.0303. The molecule has 9 heteroatoms. The lowest BCUT2D eigenvalue weighted by atomic mass is 10.2. The smallest absolute Gasteiger partial charge is 0.263 e. The zero-order valence-corrected chi connectivity index (χ0v) is 16.8. The largest absolute Gasteiger partial charge is 0.378 e. The summed E-state index contributed by atoms with van der Waals surface area (Å²) < 4.78 is 33.7. The predicted molar refractivity (Wildman–Crippen MR) is 108 cm³/mol. The predicted octanol–water partition coefficient (Wildman–Crippen LogP) is 2.88. The van der Waals surface area contributed by atoms with Crippen molar-refractivity contribution in [3.05, 3.63) is 53.6 Å². The molecule has 1 fully saturated rings.